The van der Waals surface area contributed by atoms with Crippen LogP contribution in [0, 0.1) is 0 Å². The van der Waals surface area contributed by atoms with Crippen molar-refractivity contribution < 1.29 is 19.1 Å². The molecule has 2 aliphatic heterocycles. The SMILES string of the molecule is O=C1c2ccccc2C(=O)N1c1ccc(OCC2CO2)cc1Br. The highest BCUT2D eigenvalue weighted by atomic mass is 79.9. The van der Waals surface area contributed by atoms with Gasteiger partial charge in [0.05, 0.1) is 23.4 Å². The minimum absolute atomic E-state index is 0.171. The van der Waals surface area contributed by atoms with Crippen molar-refractivity contribution in [2.75, 3.05) is 18.1 Å². The molecule has 1 saturated heterocycles. The van der Waals surface area contributed by atoms with Crippen LogP contribution < -0.4 is 9.64 Å². The van der Waals surface area contributed by atoms with Gasteiger partial charge in [0.1, 0.15) is 18.5 Å². The van der Waals surface area contributed by atoms with E-state index in [4.69, 9.17) is 9.47 Å². The average molecular weight is 374 g/mol. The van der Waals surface area contributed by atoms with E-state index in [1.165, 1.54) is 4.90 Å². The van der Waals surface area contributed by atoms with Gasteiger partial charge in [0, 0.05) is 4.47 Å². The average Bonchev–Trinajstić information content (AvgIpc) is 3.35. The molecule has 5 nitrogen and oxygen atoms in total. The van der Waals surface area contributed by atoms with Crippen molar-refractivity contribution in [2.45, 2.75) is 6.10 Å². The summed E-state index contributed by atoms with van der Waals surface area (Å²) in [5.74, 6) is 0.0328. The molecule has 0 spiro atoms. The predicted octanol–water partition coefficient (Wildman–Crippen LogP) is 3.03. The van der Waals surface area contributed by atoms with Crippen LogP contribution in [0.1, 0.15) is 20.7 Å². The molecule has 116 valence electrons. The molecule has 2 amide bonds. The number of anilines is 1. The number of benzene rings is 2. The van der Waals surface area contributed by atoms with Gasteiger partial charge in [-0.25, -0.2) is 4.90 Å². The van der Waals surface area contributed by atoms with Crippen LogP contribution in [0.3, 0.4) is 0 Å². The molecule has 0 aromatic heterocycles. The first-order valence-electron chi connectivity index (χ1n) is 7.17. The third-order valence-corrected chi connectivity index (χ3v) is 4.43. The lowest BCUT2D eigenvalue weighted by molar-refractivity contribution is 0.0926. The molecule has 6 heteroatoms. The number of ether oxygens (including phenoxy) is 2. The molecule has 0 aliphatic carbocycles. The molecule has 0 radical (unpaired) electrons. The Morgan fingerprint density at radius 3 is 2.35 bits per heavy atom. The van der Waals surface area contributed by atoms with Crippen molar-refractivity contribution in [3.63, 3.8) is 0 Å². The summed E-state index contributed by atoms with van der Waals surface area (Å²) in [6, 6.07) is 12.0. The lowest BCUT2D eigenvalue weighted by Gasteiger charge is -2.16. The second kappa shape index (κ2) is 5.47. The third-order valence-electron chi connectivity index (χ3n) is 3.79. The Labute approximate surface area is 140 Å². The number of hydrogen-bond donors (Lipinski definition) is 0. The number of halogens is 1. The van der Waals surface area contributed by atoms with Gasteiger partial charge in [0.2, 0.25) is 0 Å². The van der Waals surface area contributed by atoms with Crippen LogP contribution in [-0.4, -0.2) is 31.1 Å². The van der Waals surface area contributed by atoms with Crippen molar-refractivity contribution in [1.29, 1.82) is 0 Å². The quantitative estimate of drug-likeness (QED) is 0.610. The fourth-order valence-electron chi connectivity index (χ4n) is 2.52. The van der Waals surface area contributed by atoms with Crippen molar-refractivity contribution in [3.8, 4) is 5.75 Å². The first kappa shape index (κ1) is 14.4. The predicted molar refractivity (Wildman–Crippen MR) is 87.0 cm³/mol. The number of carbonyl (C=O) groups excluding carboxylic acids is 2. The molecule has 4 rings (SSSR count). The molecule has 1 unspecified atom stereocenters. The molecular formula is C17H12BrNO4. The fraction of sp³-hybridized carbons (Fsp3) is 0.176. The summed E-state index contributed by atoms with van der Waals surface area (Å²) in [7, 11) is 0. The van der Waals surface area contributed by atoms with Gasteiger partial charge in [0.15, 0.2) is 0 Å². The number of rotatable bonds is 4. The second-order valence-corrected chi connectivity index (χ2v) is 6.23. The van der Waals surface area contributed by atoms with Gasteiger partial charge in [-0.1, -0.05) is 12.1 Å². The van der Waals surface area contributed by atoms with Crippen LogP contribution in [0.15, 0.2) is 46.9 Å². The van der Waals surface area contributed by atoms with E-state index in [0.717, 1.165) is 6.61 Å². The standard InChI is InChI=1S/C17H12BrNO4/c18-14-7-10(22-8-11-9-23-11)5-6-15(14)19-16(20)12-3-1-2-4-13(12)17(19)21/h1-7,11H,8-9H2. The molecular weight excluding hydrogens is 362 g/mol. The van der Waals surface area contributed by atoms with E-state index in [-0.39, 0.29) is 17.9 Å². The van der Waals surface area contributed by atoms with E-state index in [0.29, 0.717) is 33.6 Å². The zero-order chi connectivity index (χ0) is 16.0. The van der Waals surface area contributed by atoms with E-state index in [1.807, 2.05) is 0 Å². The van der Waals surface area contributed by atoms with Gasteiger partial charge < -0.3 is 9.47 Å². The van der Waals surface area contributed by atoms with Gasteiger partial charge in [-0.15, -0.1) is 0 Å². The highest BCUT2D eigenvalue weighted by molar-refractivity contribution is 9.10. The molecule has 1 atom stereocenters. The zero-order valence-electron chi connectivity index (χ0n) is 12.0. The summed E-state index contributed by atoms with van der Waals surface area (Å²) in [5, 5.41) is 0. The Morgan fingerprint density at radius 2 is 1.78 bits per heavy atom. The molecule has 0 bridgehead atoms. The van der Waals surface area contributed by atoms with Gasteiger partial charge in [-0.2, -0.15) is 0 Å². The molecule has 0 saturated carbocycles. The van der Waals surface area contributed by atoms with Crippen LogP contribution in [0.4, 0.5) is 5.69 Å². The fourth-order valence-corrected chi connectivity index (χ4v) is 3.06. The summed E-state index contributed by atoms with van der Waals surface area (Å²) >= 11 is 3.42. The largest absolute Gasteiger partial charge is 0.491 e. The second-order valence-electron chi connectivity index (χ2n) is 5.37. The molecule has 2 aromatic rings. The number of amides is 2. The Bertz CT molecular complexity index is 781. The van der Waals surface area contributed by atoms with Crippen LogP contribution >= 0.6 is 15.9 Å². The van der Waals surface area contributed by atoms with Crippen LogP contribution in [0.25, 0.3) is 0 Å². The lowest BCUT2D eigenvalue weighted by Crippen LogP contribution is -2.29. The van der Waals surface area contributed by atoms with Crippen LogP contribution in [0.5, 0.6) is 5.75 Å². The van der Waals surface area contributed by atoms with Gasteiger partial charge in [0.25, 0.3) is 11.8 Å². The summed E-state index contributed by atoms with van der Waals surface area (Å²) in [5.41, 5.74) is 1.36. The number of hydrogen-bond acceptors (Lipinski definition) is 4. The Balaban J connectivity index is 1.63. The van der Waals surface area contributed by atoms with Gasteiger partial charge in [-0.3, -0.25) is 9.59 Å². The van der Waals surface area contributed by atoms with Crippen molar-refractivity contribution in [3.05, 3.63) is 58.1 Å². The van der Waals surface area contributed by atoms with E-state index >= 15 is 0 Å². The Kier molecular flexibility index (Phi) is 3.43. The number of nitrogens with zero attached hydrogens (tertiary/aromatic N) is 1. The highest BCUT2D eigenvalue weighted by Gasteiger charge is 2.37. The molecule has 0 N–H and O–H groups in total. The van der Waals surface area contributed by atoms with Gasteiger partial charge in [-0.05, 0) is 46.3 Å². The van der Waals surface area contributed by atoms with Crippen LogP contribution in [0.2, 0.25) is 0 Å². The minimum Gasteiger partial charge on any atom is -0.491 e. The Morgan fingerprint density at radius 1 is 1.13 bits per heavy atom. The first-order valence-corrected chi connectivity index (χ1v) is 7.96. The minimum atomic E-state index is -0.314. The maximum absolute atomic E-state index is 12.5. The monoisotopic (exact) mass is 373 g/mol. The van der Waals surface area contributed by atoms with Crippen LogP contribution in [-0.2, 0) is 4.74 Å². The van der Waals surface area contributed by atoms with E-state index in [2.05, 4.69) is 15.9 Å². The topological polar surface area (TPSA) is 59.1 Å². The first-order chi connectivity index (χ1) is 11.1. The molecule has 1 fully saturated rings. The molecule has 2 aliphatic rings. The molecule has 23 heavy (non-hydrogen) atoms. The normalized spacial score (nSPS) is 19.0. The summed E-state index contributed by atoms with van der Waals surface area (Å²) in [6.45, 7) is 1.23. The van der Waals surface area contributed by atoms with E-state index in [1.54, 1.807) is 42.5 Å². The van der Waals surface area contributed by atoms with Gasteiger partial charge >= 0.3 is 0 Å². The van der Waals surface area contributed by atoms with E-state index in [9.17, 15) is 9.59 Å². The molecule has 2 aromatic carbocycles. The summed E-state index contributed by atoms with van der Waals surface area (Å²) in [4.78, 5) is 26.2. The van der Waals surface area contributed by atoms with Crippen molar-refractivity contribution in [2.24, 2.45) is 0 Å². The number of epoxide rings is 1. The lowest BCUT2D eigenvalue weighted by atomic mass is 10.1. The third kappa shape index (κ3) is 2.54. The zero-order valence-corrected chi connectivity index (χ0v) is 13.6. The number of imide groups is 1. The number of fused-ring (bicyclic) bond motifs is 1. The smallest absolute Gasteiger partial charge is 0.266 e. The Hall–Kier alpha value is -2.18. The molecule has 2 heterocycles. The number of carbonyl (C=O) groups is 2. The maximum Gasteiger partial charge on any atom is 0.266 e. The summed E-state index contributed by atoms with van der Waals surface area (Å²) in [6.07, 6.45) is 0.171. The summed E-state index contributed by atoms with van der Waals surface area (Å²) < 4.78 is 11.3. The van der Waals surface area contributed by atoms with Crippen molar-refractivity contribution >= 4 is 33.4 Å². The maximum atomic E-state index is 12.5. The van der Waals surface area contributed by atoms with E-state index < -0.39 is 0 Å². The highest BCUT2D eigenvalue weighted by Crippen LogP contribution is 2.35. The van der Waals surface area contributed by atoms with Crippen molar-refractivity contribution in [1.82, 2.24) is 0 Å².